The molecule has 0 radical (unpaired) electrons. The van der Waals surface area contributed by atoms with E-state index in [1.165, 1.54) is 0 Å². The third-order valence-electron chi connectivity index (χ3n) is 3.26. The minimum atomic E-state index is -0.825. The Balaban J connectivity index is 2.03. The third kappa shape index (κ3) is 2.90. The van der Waals surface area contributed by atoms with Crippen LogP contribution in [0.15, 0.2) is 28.7 Å². The summed E-state index contributed by atoms with van der Waals surface area (Å²) < 4.78 is 0.906. The number of rotatable bonds is 3. The quantitative estimate of drug-likeness (QED) is 0.901. The van der Waals surface area contributed by atoms with Crippen LogP contribution < -0.4 is 5.32 Å². The van der Waals surface area contributed by atoms with Crippen molar-refractivity contribution in [2.24, 2.45) is 5.92 Å². The van der Waals surface area contributed by atoms with E-state index in [9.17, 15) is 9.59 Å². The van der Waals surface area contributed by atoms with Gasteiger partial charge in [-0.25, -0.2) is 0 Å². The largest absolute Gasteiger partial charge is 0.481 e. The molecule has 2 atom stereocenters. The number of carboxylic acids is 1. The van der Waals surface area contributed by atoms with E-state index in [0.29, 0.717) is 12.0 Å². The van der Waals surface area contributed by atoms with Gasteiger partial charge in [0.25, 0.3) is 5.91 Å². The van der Waals surface area contributed by atoms with Gasteiger partial charge in [0.2, 0.25) is 0 Å². The maximum atomic E-state index is 12.0. The first kappa shape index (κ1) is 13.1. The van der Waals surface area contributed by atoms with E-state index in [1.807, 2.05) is 0 Å². The highest BCUT2D eigenvalue weighted by atomic mass is 79.9. The molecule has 1 aliphatic rings. The topological polar surface area (TPSA) is 66.4 Å². The summed E-state index contributed by atoms with van der Waals surface area (Å²) in [6, 6.07) is 6.75. The summed E-state index contributed by atoms with van der Waals surface area (Å²) >= 11 is 3.30. The molecule has 1 amide bonds. The van der Waals surface area contributed by atoms with Crippen LogP contribution in [0.2, 0.25) is 0 Å². The number of hydrogen-bond donors (Lipinski definition) is 2. The van der Waals surface area contributed by atoms with Crippen LogP contribution in [0.5, 0.6) is 0 Å². The molecule has 4 nitrogen and oxygen atoms in total. The second-order valence-electron chi connectivity index (χ2n) is 4.46. The highest BCUT2D eigenvalue weighted by molar-refractivity contribution is 9.10. The molecule has 0 saturated heterocycles. The zero-order valence-electron chi connectivity index (χ0n) is 9.73. The van der Waals surface area contributed by atoms with E-state index in [4.69, 9.17) is 5.11 Å². The Kier molecular flexibility index (Phi) is 4.01. The number of hydrogen-bond acceptors (Lipinski definition) is 2. The second kappa shape index (κ2) is 5.52. The minimum Gasteiger partial charge on any atom is -0.481 e. The van der Waals surface area contributed by atoms with Crippen molar-refractivity contribution >= 4 is 27.8 Å². The number of aliphatic carboxylic acids is 1. The second-order valence-corrected chi connectivity index (χ2v) is 5.38. The van der Waals surface area contributed by atoms with Gasteiger partial charge >= 0.3 is 5.97 Å². The Morgan fingerprint density at radius 1 is 1.22 bits per heavy atom. The van der Waals surface area contributed by atoms with Crippen molar-refractivity contribution in [3.63, 3.8) is 0 Å². The van der Waals surface area contributed by atoms with E-state index in [1.54, 1.807) is 24.3 Å². The number of halogens is 1. The highest BCUT2D eigenvalue weighted by Gasteiger charge is 2.33. The molecule has 1 fully saturated rings. The van der Waals surface area contributed by atoms with Crippen LogP contribution in [-0.4, -0.2) is 23.0 Å². The predicted octanol–water partition coefficient (Wildman–Crippen LogP) is 2.43. The van der Waals surface area contributed by atoms with Crippen LogP contribution in [0.25, 0.3) is 0 Å². The minimum absolute atomic E-state index is 0.208. The molecule has 2 N–H and O–H groups in total. The Labute approximate surface area is 114 Å². The summed E-state index contributed by atoms with van der Waals surface area (Å²) in [7, 11) is 0. The van der Waals surface area contributed by atoms with Crippen molar-refractivity contribution in [3.05, 3.63) is 34.3 Å². The molecule has 0 aliphatic heterocycles. The van der Waals surface area contributed by atoms with Gasteiger partial charge in [-0.05, 0) is 37.1 Å². The number of amides is 1. The molecule has 1 saturated carbocycles. The van der Waals surface area contributed by atoms with Crippen LogP contribution in [0.4, 0.5) is 0 Å². The summed E-state index contributed by atoms with van der Waals surface area (Å²) in [6.07, 6.45) is 2.22. The standard InChI is InChI=1S/C13H14BrNO3/c14-9-6-4-8(5-7-9)12(16)15-11-3-1-2-10(11)13(17)18/h4-7,10-11H,1-3H2,(H,15,16)(H,17,18). The maximum Gasteiger partial charge on any atom is 0.308 e. The maximum absolute atomic E-state index is 12.0. The smallest absolute Gasteiger partial charge is 0.308 e. The lowest BCUT2D eigenvalue weighted by molar-refractivity contribution is -0.142. The molecule has 5 heteroatoms. The first-order chi connectivity index (χ1) is 8.58. The Hall–Kier alpha value is -1.36. The average Bonchev–Trinajstić information content (AvgIpc) is 2.78. The zero-order valence-corrected chi connectivity index (χ0v) is 11.3. The number of carbonyl (C=O) groups is 2. The highest BCUT2D eigenvalue weighted by Crippen LogP contribution is 2.26. The Morgan fingerprint density at radius 2 is 1.89 bits per heavy atom. The molecule has 2 unspecified atom stereocenters. The lowest BCUT2D eigenvalue weighted by atomic mass is 10.0. The Morgan fingerprint density at radius 3 is 2.50 bits per heavy atom. The average molecular weight is 312 g/mol. The van der Waals surface area contributed by atoms with Gasteiger partial charge in [0.15, 0.2) is 0 Å². The van der Waals surface area contributed by atoms with Crippen molar-refractivity contribution in [2.45, 2.75) is 25.3 Å². The molecule has 0 bridgehead atoms. The molecule has 0 aromatic heterocycles. The van der Waals surface area contributed by atoms with E-state index >= 15 is 0 Å². The van der Waals surface area contributed by atoms with E-state index in [2.05, 4.69) is 21.2 Å². The van der Waals surface area contributed by atoms with Gasteiger partial charge in [-0.1, -0.05) is 22.4 Å². The first-order valence-corrected chi connectivity index (χ1v) is 6.66. The molecule has 96 valence electrons. The van der Waals surface area contributed by atoms with Crippen LogP contribution in [0.3, 0.4) is 0 Å². The fourth-order valence-corrected chi connectivity index (χ4v) is 2.55. The number of benzene rings is 1. The number of carboxylic acid groups (broad SMARTS) is 1. The van der Waals surface area contributed by atoms with Crippen molar-refractivity contribution in [3.8, 4) is 0 Å². The summed E-state index contributed by atoms with van der Waals surface area (Å²) in [4.78, 5) is 23.0. The molecule has 18 heavy (non-hydrogen) atoms. The van der Waals surface area contributed by atoms with Crippen LogP contribution in [0.1, 0.15) is 29.6 Å². The lowest BCUT2D eigenvalue weighted by Crippen LogP contribution is -2.40. The lowest BCUT2D eigenvalue weighted by Gasteiger charge is -2.17. The fraction of sp³-hybridized carbons (Fsp3) is 0.385. The van der Waals surface area contributed by atoms with Crippen molar-refractivity contribution in [1.29, 1.82) is 0 Å². The summed E-state index contributed by atoms with van der Waals surface area (Å²) in [5, 5.41) is 11.9. The monoisotopic (exact) mass is 311 g/mol. The molecule has 0 spiro atoms. The van der Waals surface area contributed by atoms with Gasteiger partial charge in [0.05, 0.1) is 5.92 Å². The molecule has 2 rings (SSSR count). The van der Waals surface area contributed by atoms with Crippen molar-refractivity contribution in [1.82, 2.24) is 5.32 Å². The molecule has 1 aromatic carbocycles. The number of nitrogens with one attached hydrogen (secondary N) is 1. The van der Waals surface area contributed by atoms with Gasteiger partial charge in [0, 0.05) is 16.1 Å². The Bertz CT molecular complexity index is 458. The summed E-state index contributed by atoms with van der Waals surface area (Å²) in [5.74, 6) is -1.49. The van der Waals surface area contributed by atoms with Gasteiger partial charge in [-0.3, -0.25) is 9.59 Å². The summed E-state index contributed by atoms with van der Waals surface area (Å²) in [6.45, 7) is 0. The first-order valence-electron chi connectivity index (χ1n) is 5.87. The van der Waals surface area contributed by atoms with E-state index in [-0.39, 0.29) is 11.9 Å². The van der Waals surface area contributed by atoms with Gasteiger partial charge < -0.3 is 10.4 Å². The van der Waals surface area contributed by atoms with Crippen LogP contribution in [-0.2, 0) is 4.79 Å². The fourth-order valence-electron chi connectivity index (χ4n) is 2.28. The molecular weight excluding hydrogens is 298 g/mol. The van der Waals surface area contributed by atoms with Crippen LogP contribution >= 0.6 is 15.9 Å². The third-order valence-corrected chi connectivity index (χ3v) is 3.78. The predicted molar refractivity (Wildman–Crippen MR) is 70.4 cm³/mol. The van der Waals surface area contributed by atoms with E-state index < -0.39 is 11.9 Å². The molecule has 0 heterocycles. The molecule has 1 aliphatic carbocycles. The van der Waals surface area contributed by atoms with E-state index in [0.717, 1.165) is 17.3 Å². The molecule has 1 aromatic rings. The van der Waals surface area contributed by atoms with Crippen molar-refractivity contribution < 1.29 is 14.7 Å². The zero-order chi connectivity index (χ0) is 13.1. The van der Waals surface area contributed by atoms with Crippen LogP contribution in [0, 0.1) is 5.92 Å². The van der Waals surface area contributed by atoms with Gasteiger partial charge in [0.1, 0.15) is 0 Å². The molecular formula is C13H14BrNO3. The van der Waals surface area contributed by atoms with Gasteiger partial charge in [-0.15, -0.1) is 0 Å². The van der Waals surface area contributed by atoms with Crippen molar-refractivity contribution in [2.75, 3.05) is 0 Å². The summed E-state index contributed by atoms with van der Waals surface area (Å²) in [5.41, 5.74) is 0.550. The number of carbonyl (C=O) groups excluding carboxylic acids is 1. The normalized spacial score (nSPS) is 22.7. The SMILES string of the molecule is O=C(NC1CCCC1C(=O)O)c1ccc(Br)cc1. The van der Waals surface area contributed by atoms with Gasteiger partial charge in [-0.2, -0.15) is 0 Å².